The summed E-state index contributed by atoms with van der Waals surface area (Å²) in [6, 6.07) is 12.3. The lowest BCUT2D eigenvalue weighted by Gasteiger charge is -2.22. The van der Waals surface area contributed by atoms with Gasteiger partial charge in [-0.05, 0) is 19.1 Å². The Balaban J connectivity index is 2.29. The van der Waals surface area contributed by atoms with Crippen LogP contribution in [0.4, 0.5) is 5.69 Å². The largest absolute Gasteiger partial charge is 0.361 e. The number of benzene rings is 1. The lowest BCUT2D eigenvalue weighted by Crippen LogP contribution is -2.33. The number of hydrogen-bond acceptors (Lipinski definition) is 5. The average molecular weight is 305 g/mol. The molecule has 21 heavy (non-hydrogen) atoms. The molecule has 1 aromatic heterocycles. The first-order valence-electron chi connectivity index (χ1n) is 6.37. The van der Waals surface area contributed by atoms with Gasteiger partial charge in [-0.25, -0.2) is 8.42 Å². The Bertz CT molecular complexity index is 732. The van der Waals surface area contributed by atoms with E-state index in [0.717, 1.165) is 0 Å². The molecule has 110 valence electrons. The van der Waals surface area contributed by atoms with Crippen molar-refractivity contribution < 1.29 is 12.9 Å². The number of hydrogen-bond donors (Lipinski definition) is 0. The molecular weight excluding hydrogens is 290 g/mol. The minimum absolute atomic E-state index is 0.111. The van der Waals surface area contributed by atoms with Crippen molar-refractivity contribution in [2.45, 2.75) is 19.1 Å². The zero-order valence-corrected chi connectivity index (χ0v) is 12.4. The molecule has 1 heterocycles. The van der Waals surface area contributed by atoms with Crippen molar-refractivity contribution in [2.75, 3.05) is 10.8 Å². The van der Waals surface area contributed by atoms with E-state index in [9.17, 15) is 8.42 Å². The van der Waals surface area contributed by atoms with Crippen molar-refractivity contribution in [1.29, 1.82) is 5.26 Å². The highest BCUT2D eigenvalue weighted by atomic mass is 32.2. The monoisotopic (exact) mass is 305 g/mol. The fraction of sp³-hybridized carbons (Fsp3) is 0.286. The molecule has 0 saturated carbocycles. The van der Waals surface area contributed by atoms with Gasteiger partial charge in [0.25, 0.3) is 0 Å². The highest BCUT2D eigenvalue weighted by molar-refractivity contribution is 7.92. The number of sulfonamides is 1. The topological polar surface area (TPSA) is 87.2 Å². The molecule has 0 spiro atoms. The van der Waals surface area contributed by atoms with Crippen molar-refractivity contribution in [2.24, 2.45) is 0 Å². The van der Waals surface area contributed by atoms with Gasteiger partial charge in [-0.15, -0.1) is 0 Å². The summed E-state index contributed by atoms with van der Waals surface area (Å²) in [6.45, 7) is 1.81. The van der Waals surface area contributed by atoms with Gasteiger partial charge >= 0.3 is 0 Å². The first-order chi connectivity index (χ1) is 10.0. The predicted molar refractivity (Wildman–Crippen MR) is 77.9 cm³/mol. The van der Waals surface area contributed by atoms with Gasteiger partial charge in [0.15, 0.2) is 0 Å². The van der Waals surface area contributed by atoms with Crippen LogP contribution in [0.1, 0.15) is 17.9 Å². The summed E-state index contributed by atoms with van der Waals surface area (Å²) < 4.78 is 31.2. The summed E-state index contributed by atoms with van der Waals surface area (Å²) in [5, 5.41) is 12.4. The minimum Gasteiger partial charge on any atom is -0.361 e. The molecule has 0 aliphatic heterocycles. The zero-order valence-electron chi connectivity index (χ0n) is 11.6. The molecule has 0 N–H and O–H groups in total. The molecule has 0 amide bonds. The van der Waals surface area contributed by atoms with Crippen LogP contribution in [-0.4, -0.2) is 20.1 Å². The number of rotatable bonds is 6. The summed E-state index contributed by atoms with van der Waals surface area (Å²) in [7, 11) is -3.63. The lowest BCUT2D eigenvalue weighted by molar-refractivity contribution is 0.392. The van der Waals surface area contributed by atoms with Gasteiger partial charge in [0, 0.05) is 12.6 Å². The van der Waals surface area contributed by atoms with E-state index in [0.29, 0.717) is 17.1 Å². The van der Waals surface area contributed by atoms with Crippen LogP contribution in [0.25, 0.3) is 0 Å². The third-order valence-corrected chi connectivity index (χ3v) is 4.54. The smallest absolute Gasteiger partial charge is 0.241 e. The molecule has 7 heteroatoms. The first-order valence-corrected chi connectivity index (χ1v) is 7.98. The number of nitrogens with zero attached hydrogens (tertiary/aromatic N) is 3. The van der Waals surface area contributed by atoms with Crippen LogP contribution in [0.3, 0.4) is 0 Å². The first kappa shape index (κ1) is 15.1. The summed E-state index contributed by atoms with van der Waals surface area (Å²) in [4.78, 5) is 0. The molecule has 0 unspecified atom stereocenters. The van der Waals surface area contributed by atoms with E-state index < -0.39 is 10.0 Å². The Labute approximate surface area is 123 Å². The molecule has 1 aromatic carbocycles. The summed E-state index contributed by atoms with van der Waals surface area (Å²) >= 11 is 0. The molecule has 0 atom stereocenters. The Kier molecular flexibility index (Phi) is 4.60. The molecule has 0 aliphatic carbocycles. The van der Waals surface area contributed by atoms with E-state index in [2.05, 4.69) is 5.16 Å². The van der Waals surface area contributed by atoms with Crippen LogP contribution >= 0.6 is 0 Å². The fourth-order valence-electron chi connectivity index (χ4n) is 1.93. The molecule has 0 saturated heterocycles. The second kappa shape index (κ2) is 6.41. The van der Waals surface area contributed by atoms with Crippen LogP contribution in [0.5, 0.6) is 0 Å². The Morgan fingerprint density at radius 1 is 1.33 bits per heavy atom. The van der Waals surface area contributed by atoms with Crippen LogP contribution < -0.4 is 4.31 Å². The zero-order chi connectivity index (χ0) is 15.3. The average Bonchev–Trinajstić information content (AvgIpc) is 2.84. The maximum Gasteiger partial charge on any atom is 0.241 e. The molecular formula is C14H15N3O3S. The standard InChI is InChI=1S/C14H15N3O3S/c1-12-10-13(16-20-12)11-21(18,19)17(9-5-8-15)14-6-3-2-4-7-14/h2-4,6-7,10H,5,9,11H2,1H3. The number of aromatic nitrogens is 1. The Hall–Kier alpha value is -2.33. The molecule has 0 fully saturated rings. The summed E-state index contributed by atoms with van der Waals surface area (Å²) in [5.41, 5.74) is 0.887. The van der Waals surface area contributed by atoms with Gasteiger partial charge in [0.2, 0.25) is 10.0 Å². The Morgan fingerprint density at radius 2 is 2.05 bits per heavy atom. The van der Waals surface area contributed by atoms with Gasteiger partial charge < -0.3 is 4.52 Å². The van der Waals surface area contributed by atoms with Crippen molar-refractivity contribution in [3.05, 3.63) is 47.9 Å². The van der Waals surface area contributed by atoms with Crippen LogP contribution in [0.15, 0.2) is 40.9 Å². The Morgan fingerprint density at radius 3 is 2.62 bits per heavy atom. The van der Waals surface area contributed by atoms with E-state index in [-0.39, 0.29) is 18.7 Å². The van der Waals surface area contributed by atoms with E-state index in [1.807, 2.05) is 6.07 Å². The van der Waals surface area contributed by atoms with Gasteiger partial charge in [0.05, 0.1) is 18.2 Å². The third kappa shape index (κ3) is 3.83. The van der Waals surface area contributed by atoms with Crippen molar-refractivity contribution in [3.63, 3.8) is 0 Å². The van der Waals surface area contributed by atoms with Crippen LogP contribution in [-0.2, 0) is 15.8 Å². The van der Waals surface area contributed by atoms with Crippen molar-refractivity contribution >= 4 is 15.7 Å². The highest BCUT2D eigenvalue weighted by Crippen LogP contribution is 2.20. The van der Waals surface area contributed by atoms with Crippen LogP contribution in [0.2, 0.25) is 0 Å². The van der Waals surface area contributed by atoms with E-state index in [1.165, 1.54) is 4.31 Å². The maximum absolute atomic E-state index is 12.6. The maximum atomic E-state index is 12.6. The SMILES string of the molecule is Cc1cc(CS(=O)(=O)N(CCC#N)c2ccccc2)no1. The summed E-state index contributed by atoms with van der Waals surface area (Å²) in [6.07, 6.45) is 0.117. The van der Waals surface area contributed by atoms with E-state index in [4.69, 9.17) is 9.78 Å². The fourth-order valence-corrected chi connectivity index (χ4v) is 3.40. The molecule has 0 aliphatic rings. The second-order valence-electron chi connectivity index (χ2n) is 4.50. The number of anilines is 1. The molecule has 2 rings (SSSR count). The number of nitriles is 1. The molecule has 0 bridgehead atoms. The van der Waals surface area contributed by atoms with Gasteiger partial charge in [-0.1, -0.05) is 23.4 Å². The van der Waals surface area contributed by atoms with Crippen molar-refractivity contribution in [1.82, 2.24) is 5.16 Å². The van der Waals surface area contributed by atoms with Crippen LogP contribution in [0, 0.1) is 18.3 Å². The molecule has 0 radical (unpaired) electrons. The van der Waals surface area contributed by atoms with E-state index in [1.54, 1.807) is 43.3 Å². The normalized spacial score (nSPS) is 11.0. The quantitative estimate of drug-likeness (QED) is 0.816. The third-order valence-electron chi connectivity index (χ3n) is 2.81. The summed E-state index contributed by atoms with van der Waals surface area (Å²) in [5.74, 6) is 0.300. The highest BCUT2D eigenvalue weighted by Gasteiger charge is 2.24. The molecule has 2 aromatic rings. The van der Waals surface area contributed by atoms with Gasteiger partial charge in [0.1, 0.15) is 17.2 Å². The van der Waals surface area contributed by atoms with Crippen molar-refractivity contribution in [3.8, 4) is 6.07 Å². The van der Waals surface area contributed by atoms with Gasteiger partial charge in [-0.2, -0.15) is 5.26 Å². The van der Waals surface area contributed by atoms with Gasteiger partial charge in [-0.3, -0.25) is 4.31 Å². The number of aryl methyl sites for hydroxylation is 1. The number of para-hydroxylation sites is 1. The van der Waals surface area contributed by atoms with E-state index >= 15 is 0 Å². The predicted octanol–water partition coefficient (Wildman–Crippen LogP) is 2.23. The minimum atomic E-state index is -3.63. The molecule has 6 nitrogen and oxygen atoms in total. The second-order valence-corrected chi connectivity index (χ2v) is 6.39. The lowest BCUT2D eigenvalue weighted by atomic mass is 10.3.